The summed E-state index contributed by atoms with van der Waals surface area (Å²) in [4.78, 5) is 14.2. The average molecular weight is 288 g/mol. The number of carboxylic acid groups (broad SMARTS) is 1. The molecule has 0 unspecified atom stereocenters. The molecule has 0 atom stereocenters. The van der Waals surface area contributed by atoms with Gasteiger partial charge in [-0.25, -0.2) is 9.48 Å². The summed E-state index contributed by atoms with van der Waals surface area (Å²) in [5.41, 5.74) is 0.534. The first kappa shape index (κ1) is 12.7. The van der Waals surface area contributed by atoms with Gasteiger partial charge in [-0.05, 0) is 25.1 Å². The van der Waals surface area contributed by atoms with Crippen LogP contribution in [0, 0.1) is 6.92 Å². The van der Waals surface area contributed by atoms with Gasteiger partial charge in [-0.15, -0.1) is 5.10 Å². The van der Waals surface area contributed by atoms with Crippen molar-refractivity contribution in [3.05, 3.63) is 34.1 Å². The van der Waals surface area contributed by atoms with Gasteiger partial charge in [0, 0.05) is 5.02 Å². The molecule has 0 aliphatic carbocycles. The maximum atomic E-state index is 10.4. The maximum absolute atomic E-state index is 10.4. The second kappa shape index (κ2) is 4.83. The Morgan fingerprint density at radius 2 is 2.17 bits per heavy atom. The fourth-order valence-electron chi connectivity index (χ4n) is 1.37. The Kier molecular flexibility index (Phi) is 3.40. The van der Waals surface area contributed by atoms with Gasteiger partial charge in [0.25, 0.3) is 0 Å². The number of benzene rings is 1. The van der Waals surface area contributed by atoms with Crippen LogP contribution in [0.15, 0.2) is 18.2 Å². The zero-order valence-electron chi connectivity index (χ0n) is 9.09. The monoisotopic (exact) mass is 287 g/mol. The van der Waals surface area contributed by atoms with Crippen LogP contribution in [0.4, 0.5) is 4.79 Å². The van der Waals surface area contributed by atoms with Crippen molar-refractivity contribution in [1.29, 1.82) is 0 Å². The summed E-state index contributed by atoms with van der Waals surface area (Å²) in [5.74, 6) is 0.440. The van der Waals surface area contributed by atoms with Crippen molar-refractivity contribution in [2.45, 2.75) is 6.92 Å². The lowest BCUT2D eigenvalue weighted by Crippen LogP contribution is -2.05. The zero-order valence-corrected chi connectivity index (χ0v) is 10.6. The van der Waals surface area contributed by atoms with Crippen LogP contribution in [0.25, 0.3) is 5.69 Å². The molecule has 94 valence electrons. The molecule has 2 rings (SSSR count). The molecule has 0 amide bonds. The van der Waals surface area contributed by atoms with Crippen molar-refractivity contribution in [3.8, 4) is 11.7 Å². The van der Waals surface area contributed by atoms with Gasteiger partial charge in [-0.2, -0.15) is 4.98 Å². The summed E-state index contributed by atoms with van der Waals surface area (Å²) in [6, 6.07) is 4.58. The van der Waals surface area contributed by atoms with Gasteiger partial charge in [0.15, 0.2) is 0 Å². The molecule has 0 fully saturated rings. The van der Waals surface area contributed by atoms with Crippen LogP contribution in [0.1, 0.15) is 5.82 Å². The quantitative estimate of drug-likeness (QED) is 0.860. The number of aromatic nitrogens is 3. The molecule has 2 aromatic rings. The van der Waals surface area contributed by atoms with Crippen molar-refractivity contribution in [2.75, 3.05) is 0 Å². The molecule has 0 saturated carbocycles. The molecular weight excluding hydrogens is 281 g/mol. The SMILES string of the molecule is Cc1nc(OC(=O)O)nn1-c1ccc(Cl)cc1Cl. The minimum atomic E-state index is -1.48. The minimum absolute atomic E-state index is 0.258. The van der Waals surface area contributed by atoms with Crippen LogP contribution in [-0.4, -0.2) is 26.0 Å². The van der Waals surface area contributed by atoms with Crippen molar-refractivity contribution in [3.63, 3.8) is 0 Å². The lowest BCUT2D eigenvalue weighted by Gasteiger charge is -2.05. The van der Waals surface area contributed by atoms with Gasteiger partial charge < -0.3 is 9.84 Å². The first-order chi connectivity index (χ1) is 8.47. The molecule has 6 nitrogen and oxygen atoms in total. The summed E-state index contributed by atoms with van der Waals surface area (Å²) in [6.07, 6.45) is -1.48. The van der Waals surface area contributed by atoms with Gasteiger partial charge in [0.05, 0.1) is 10.7 Å². The Labute approximate surface area is 112 Å². The highest BCUT2D eigenvalue weighted by atomic mass is 35.5. The highest BCUT2D eigenvalue weighted by Gasteiger charge is 2.14. The Morgan fingerprint density at radius 3 is 2.78 bits per heavy atom. The molecule has 1 N–H and O–H groups in total. The van der Waals surface area contributed by atoms with E-state index in [0.717, 1.165) is 0 Å². The first-order valence-corrected chi connectivity index (χ1v) is 5.53. The summed E-state index contributed by atoms with van der Waals surface area (Å²) >= 11 is 11.8. The summed E-state index contributed by atoms with van der Waals surface area (Å²) < 4.78 is 5.74. The van der Waals surface area contributed by atoms with Gasteiger partial charge in [0.2, 0.25) is 0 Å². The van der Waals surface area contributed by atoms with Crippen molar-refractivity contribution in [2.24, 2.45) is 0 Å². The number of hydrogen-bond donors (Lipinski definition) is 1. The largest absolute Gasteiger partial charge is 0.513 e. The third-order valence-electron chi connectivity index (χ3n) is 2.07. The van der Waals surface area contributed by atoms with E-state index in [9.17, 15) is 4.79 Å². The fourth-order valence-corrected chi connectivity index (χ4v) is 1.86. The van der Waals surface area contributed by atoms with E-state index in [2.05, 4.69) is 14.8 Å². The van der Waals surface area contributed by atoms with Crippen molar-refractivity contribution < 1.29 is 14.6 Å². The number of ether oxygens (including phenoxy) is 1. The molecule has 18 heavy (non-hydrogen) atoms. The Morgan fingerprint density at radius 1 is 1.44 bits per heavy atom. The lowest BCUT2D eigenvalue weighted by atomic mass is 10.3. The van der Waals surface area contributed by atoms with E-state index >= 15 is 0 Å². The number of carbonyl (C=O) groups is 1. The number of halogens is 2. The van der Waals surface area contributed by atoms with Crippen LogP contribution in [0.5, 0.6) is 6.01 Å². The summed E-state index contributed by atoms with van der Waals surface area (Å²) in [5, 5.41) is 13.2. The third kappa shape index (κ3) is 2.55. The Bertz CT molecular complexity index is 612. The highest BCUT2D eigenvalue weighted by Crippen LogP contribution is 2.25. The fraction of sp³-hybridized carbons (Fsp3) is 0.100. The summed E-state index contributed by atoms with van der Waals surface area (Å²) in [6.45, 7) is 1.65. The van der Waals surface area contributed by atoms with E-state index in [1.165, 1.54) is 4.68 Å². The van der Waals surface area contributed by atoms with Gasteiger partial charge in [-0.1, -0.05) is 23.2 Å². The van der Waals surface area contributed by atoms with Crippen molar-refractivity contribution >= 4 is 29.4 Å². The predicted octanol–water partition coefficient (Wildman–Crippen LogP) is 2.94. The zero-order chi connectivity index (χ0) is 13.3. The third-order valence-corrected chi connectivity index (χ3v) is 2.60. The standard InChI is InChI=1S/C10H7Cl2N3O3/c1-5-13-9(18-10(16)17)14-15(5)8-3-2-6(11)4-7(8)12/h2-4H,1H3,(H,16,17). The van der Waals surface area contributed by atoms with Gasteiger partial charge in [-0.3, -0.25) is 0 Å². The molecule has 0 bridgehead atoms. The normalized spacial score (nSPS) is 10.4. The van der Waals surface area contributed by atoms with Crippen LogP contribution < -0.4 is 4.74 Å². The number of nitrogens with zero attached hydrogens (tertiary/aromatic N) is 3. The molecule has 0 aliphatic heterocycles. The van der Waals surface area contributed by atoms with Crippen LogP contribution in [-0.2, 0) is 0 Å². The molecule has 8 heteroatoms. The van der Waals surface area contributed by atoms with Crippen LogP contribution in [0.2, 0.25) is 10.0 Å². The smallest absolute Gasteiger partial charge is 0.449 e. The maximum Gasteiger partial charge on any atom is 0.513 e. The van der Waals surface area contributed by atoms with E-state index in [4.69, 9.17) is 28.3 Å². The molecule has 0 aliphatic rings. The molecule has 0 radical (unpaired) electrons. The van der Waals surface area contributed by atoms with Gasteiger partial charge in [0.1, 0.15) is 5.82 Å². The molecular formula is C10H7Cl2N3O3. The van der Waals surface area contributed by atoms with Crippen LogP contribution >= 0.6 is 23.2 Å². The molecule has 1 aromatic heterocycles. The van der Waals surface area contributed by atoms with Crippen LogP contribution in [0.3, 0.4) is 0 Å². The van der Waals surface area contributed by atoms with E-state index in [-0.39, 0.29) is 6.01 Å². The lowest BCUT2D eigenvalue weighted by molar-refractivity contribution is 0.140. The van der Waals surface area contributed by atoms with E-state index in [1.807, 2.05) is 0 Å². The number of rotatable bonds is 2. The Hall–Kier alpha value is -1.79. The van der Waals surface area contributed by atoms with E-state index < -0.39 is 6.16 Å². The molecule has 1 heterocycles. The molecule has 0 saturated heterocycles. The minimum Gasteiger partial charge on any atom is -0.449 e. The number of aryl methyl sites for hydroxylation is 1. The second-order valence-corrected chi connectivity index (χ2v) is 4.16. The average Bonchev–Trinajstić information content (AvgIpc) is 2.58. The van der Waals surface area contributed by atoms with E-state index in [1.54, 1.807) is 25.1 Å². The topological polar surface area (TPSA) is 77.2 Å². The molecule has 1 aromatic carbocycles. The van der Waals surface area contributed by atoms with Crippen molar-refractivity contribution in [1.82, 2.24) is 14.8 Å². The Balaban J connectivity index is 2.44. The predicted molar refractivity (Wildman–Crippen MR) is 64.8 cm³/mol. The first-order valence-electron chi connectivity index (χ1n) is 4.77. The second-order valence-electron chi connectivity index (χ2n) is 3.32. The van der Waals surface area contributed by atoms with Gasteiger partial charge >= 0.3 is 12.2 Å². The number of hydrogen-bond acceptors (Lipinski definition) is 4. The summed E-state index contributed by atoms with van der Waals surface area (Å²) in [7, 11) is 0. The van der Waals surface area contributed by atoms with E-state index in [0.29, 0.717) is 21.6 Å². The molecule has 0 spiro atoms. The highest BCUT2D eigenvalue weighted by molar-refractivity contribution is 6.35.